The molecule has 5 aromatic rings. The summed E-state index contributed by atoms with van der Waals surface area (Å²) in [7, 11) is -8.65. The predicted octanol–water partition coefficient (Wildman–Crippen LogP) is 5.14. The summed E-state index contributed by atoms with van der Waals surface area (Å²) in [6, 6.07) is 17.0. The van der Waals surface area contributed by atoms with E-state index in [1.165, 1.54) is 31.8 Å². The zero-order valence-electron chi connectivity index (χ0n) is 30.0. The number of aromatic nitrogens is 3. The molecule has 57 heavy (non-hydrogen) atoms. The quantitative estimate of drug-likeness (QED) is 0.159. The summed E-state index contributed by atoms with van der Waals surface area (Å²) >= 11 is 1.00. The molecule has 2 aliphatic heterocycles. The van der Waals surface area contributed by atoms with Gasteiger partial charge in [0.15, 0.2) is 15.8 Å². The van der Waals surface area contributed by atoms with Crippen molar-refractivity contribution in [3.8, 4) is 21.8 Å². The number of thiazole rings is 1. The van der Waals surface area contributed by atoms with Crippen molar-refractivity contribution in [1.29, 1.82) is 0 Å². The number of nitrogen functional groups attached to an aromatic ring is 1. The normalized spacial score (nSPS) is 16.0. The Morgan fingerprint density at radius 1 is 0.842 bits per heavy atom. The Balaban J connectivity index is 0.975. The lowest BCUT2D eigenvalue weighted by Gasteiger charge is -2.38. The monoisotopic (exact) mass is 843 g/mol. The van der Waals surface area contributed by atoms with Crippen LogP contribution in [-0.4, -0.2) is 96.7 Å². The number of carbonyl (C=O) groups excluding carboxylic acids is 1. The number of amides is 1. The summed E-state index contributed by atoms with van der Waals surface area (Å²) in [5.41, 5.74) is 6.53. The number of nitrogens with one attached hydrogen (secondary N) is 2. The van der Waals surface area contributed by atoms with Gasteiger partial charge in [-0.25, -0.2) is 41.3 Å². The molecular weight excluding hydrogens is 808 g/mol. The summed E-state index contributed by atoms with van der Waals surface area (Å²) < 4.78 is 108. The molecule has 3 aromatic carbocycles. The van der Waals surface area contributed by atoms with Gasteiger partial charge in [0.25, 0.3) is 20.2 Å². The average molecular weight is 844 g/mol. The summed E-state index contributed by atoms with van der Waals surface area (Å²) in [6.07, 6.45) is 1.88. The number of carbonyl (C=O) groups is 1. The van der Waals surface area contributed by atoms with Crippen LogP contribution in [0.5, 0.6) is 0 Å². The first-order chi connectivity index (χ1) is 27.3. The molecule has 300 valence electrons. The van der Waals surface area contributed by atoms with Gasteiger partial charge in [-0.15, -0.1) is 0 Å². The molecule has 0 atom stereocenters. The van der Waals surface area contributed by atoms with Crippen LogP contribution in [0.15, 0.2) is 83.9 Å². The molecule has 0 saturated carbocycles. The van der Waals surface area contributed by atoms with E-state index in [2.05, 4.69) is 20.3 Å². The molecule has 0 unspecified atom stereocenters. The smallest absolute Gasteiger partial charge is 0.410 e. The third-order valence-electron chi connectivity index (χ3n) is 9.36. The van der Waals surface area contributed by atoms with E-state index in [-0.39, 0.29) is 74.3 Å². The zero-order chi connectivity index (χ0) is 40.3. The Morgan fingerprint density at radius 2 is 1.51 bits per heavy atom. The largest absolute Gasteiger partial charge is 0.445 e. The van der Waals surface area contributed by atoms with Gasteiger partial charge < -0.3 is 20.7 Å². The molecule has 0 spiro atoms. The molecule has 4 N–H and O–H groups in total. The number of piperidine rings is 1. The van der Waals surface area contributed by atoms with E-state index in [0.29, 0.717) is 23.4 Å². The van der Waals surface area contributed by atoms with Crippen molar-refractivity contribution in [2.45, 2.75) is 30.4 Å². The lowest BCUT2D eigenvalue weighted by atomic mass is 10.1. The molecule has 7 rings (SSSR count). The standard InChI is InChI=1S/C36H36F3N9O6S3/c37-26-9-5-10-27(38)33(26)56(50,51)45-28-11-4-8-25(30(28)39)31-32(55-34(40)44-31)29-12-15-41-35(43-29)42-24-13-16-47(17-14-24)57(52,53)48-20-18-46(19-21-48)36(49)54-22-23-6-2-1-3-7-23/h1-12,15,24,45H,13-14,16-22H2,(H2,40,44)(H,41,42,43). The van der Waals surface area contributed by atoms with Crippen LogP contribution in [0.2, 0.25) is 0 Å². The van der Waals surface area contributed by atoms with Crippen LogP contribution >= 0.6 is 11.3 Å². The van der Waals surface area contributed by atoms with Crippen molar-refractivity contribution in [2.24, 2.45) is 0 Å². The topological polar surface area (TPSA) is 193 Å². The van der Waals surface area contributed by atoms with E-state index in [1.807, 2.05) is 35.1 Å². The molecule has 15 nitrogen and oxygen atoms in total. The molecule has 4 heterocycles. The van der Waals surface area contributed by atoms with E-state index < -0.39 is 54.4 Å². The fourth-order valence-corrected chi connectivity index (χ4v) is 10.1. The molecular formula is C36H36F3N9O6S3. The number of hydrogen-bond donors (Lipinski definition) is 3. The number of nitrogens with two attached hydrogens (primary N) is 1. The van der Waals surface area contributed by atoms with Gasteiger partial charge in [0.1, 0.15) is 18.2 Å². The van der Waals surface area contributed by atoms with E-state index in [9.17, 15) is 30.4 Å². The van der Waals surface area contributed by atoms with E-state index in [1.54, 1.807) is 6.07 Å². The van der Waals surface area contributed by atoms with Crippen LogP contribution in [0, 0.1) is 17.5 Å². The molecule has 0 radical (unpaired) electrons. The summed E-state index contributed by atoms with van der Waals surface area (Å²) in [6.45, 7) is 1.30. The number of halogens is 3. The van der Waals surface area contributed by atoms with Gasteiger partial charge >= 0.3 is 6.09 Å². The van der Waals surface area contributed by atoms with Gasteiger partial charge in [0.05, 0.1) is 22.0 Å². The highest BCUT2D eigenvalue weighted by Crippen LogP contribution is 2.40. The molecule has 0 bridgehead atoms. The first kappa shape index (κ1) is 39.9. The maximum Gasteiger partial charge on any atom is 0.410 e. The second-order valence-corrected chi connectivity index (χ2v) is 17.6. The van der Waals surface area contributed by atoms with Crippen molar-refractivity contribution in [3.63, 3.8) is 0 Å². The van der Waals surface area contributed by atoms with Crippen molar-refractivity contribution in [1.82, 2.24) is 28.5 Å². The Hall–Kier alpha value is -5.35. The molecule has 21 heteroatoms. The Kier molecular flexibility index (Phi) is 11.6. The maximum atomic E-state index is 16.0. The van der Waals surface area contributed by atoms with Crippen LogP contribution in [0.3, 0.4) is 0 Å². The minimum Gasteiger partial charge on any atom is -0.445 e. The SMILES string of the molecule is Nc1nc(-c2cccc(NS(=O)(=O)c3c(F)cccc3F)c2F)c(-c2ccnc(NC3CCN(S(=O)(=O)N4CCN(C(=O)OCc5ccccc5)CC4)CC3)n2)s1. The lowest BCUT2D eigenvalue weighted by Crippen LogP contribution is -2.55. The van der Waals surface area contributed by atoms with Gasteiger partial charge in [0, 0.05) is 57.1 Å². The van der Waals surface area contributed by atoms with Crippen molar-refractivity contribution >= 4 is 54.4 Å². The Labute approximate surface area is 330 Å². The number of nitrogens with zero attached hydrogens (tertiary/aromatic N) is 6. The van der Waals surface area contributed by atoms with E-state index >= 15 is 4.39 Å². The summed E-state index contributed by atoms with van der Waals surface area (Å²) in [4.78, 5) is 26.3. The van der Waals surface area contributed by atoms with Gasteiger partial charge in [-0.1, -0.05) is 53.8 Å². The second kappa shape index (κ2) is 16.6. The van der Waals surface area contributed by atoms with E-state index in [0.717, 1.165) is 41.2 Å². The number of rotatable bonds is 11. The van der Waals surface area contributed by atoms with Gasteiger partial charge in [-0.3, -0.25) is 4.72 Å². The summed E-state index contributed by atoms with van der Waals surface area (Å²) in [5.74, 6) is -3.54. The number of sulfonamides is 1. The minimum absolute atomic E-state index is 0.0428. The van der Waals surface area contributed by atoms with Crippen LogP contribution in [-0.2, 0) is 31.6 Å². The average Bonchev–Trinajstić information content (AvgIpc) is 3.59. The highest BCUT2D eigenvalue weighted by Gasteiger charge is 2.36. The molecule has 0 aliphatic carbocycles. The van der Waals surface area contributed by atoms with Crippen molar-refractivity contribution in [3.05, 3.63) is 102 Å². The number of anilines is 3. The number of hydrogen-bond acceptors (Lipinski definition) is 12. The third kappa shape index (κ3) is 8.81. The van der Waals surface area contributed by atoms with Gasteiger partial charge in [0.2, 0.25) is 5.95 Å². The molecule has 1 amide bonds. The number of benzene rings is 3. The Morgan fingerprint density at radius 3 is 2.21 bits per heavy atom. The van der Waals surface area contributed by atoms with Crippen LogP contribution in [0.1, 0.15) is 18.4 Å². The van der Waals surface area contributed by atoms with Crippen LogP contribution in [0.4, 0.5) is 34.7 Å². The fraction of sp³-hybridized carbons (Fsp3) is 0.278. The fourth-order valence-electron chi connectivity index (χ4n) is 6.46. The lowest BCUT2D eigenvalue weighted by molar-refractivity contribution is 0.0828. The molecule has 2 fully saturated rings. The molecule has 2 aromatic heterocycles. The third-order valence-corrected chi connectivity index (χ3v) is 13.7. The van der Waals surface area contributed by atoms with Gasteiger partial charge in [-0.05, 0) is 48.7 Å². The highest BCUT2D eigenvalue weighted by atomic mass is 32.2. The van der Waals surface area contributed by atoms with Gasteiger partial charge in [-0.2, -0.15) is 17.0 Å². The number of ether oxygens (including phenoxy) is 1. The van der Waals surface area contributed by atoms with Crippen LogP contribution in [0.25, 0.3) is 21.8 Å². The molecule has 2 aliphatic rings. The van der Waals surface area contributed by atoms with Crippen LogP contribution < -0.4 is 15.8 Å². The van der Waals surface area contributed by atoms with Crippen molar-refractivity contribution in [2.75, 3.05) is 55.0 Å². The maximum absolute atomic E-state index is 16.0. The minimum atomic E-state index is -4.87. The zero-order valence-corrected chi connectivity index (χ0v) is 32.5. The molecule has 2 saturated heterocycles. The number of piperazine rings is 1. The first-order valence-electron chi connectivity index (χ1n) is 17.6. The predicted molar refractivity (Wildman–Crippen MR) is 207 cm³/mol. The van der Waals surface area contributed by atoms with E-state index in [4.69, 9.17) is 10.5 Å². The highest BCUT2D eigenvalue weighted by molar-refractivity contribution is 7.92. The van der Waals surface area contributed by atoms with Crippen molar-refractivity contribution < 1.29 is 39.5 Å². The Bertz CT molecular complexity index is 2460. The first-order valence-corrected chi connectivity index (χ1v) is 21.3. The second-order valence-electron chi connectivity index (χ2n) is 13.1. The summed E-state index contributed by atoms with van der Waals surface area (Å²) in [5, 5.41) is 3.31.